The summed E-state index contributed by atoms with van der Waals surface area (Å²) in [5.74, 6) is -1.35. The molecule has 0 saturated carbocycles. The van der Waals surface area contributed by atoms with E-state index >= 15 is 4.39 Å². The number of amides is 1. The van der Waals surface area contributed by atoms with Crippen molar-refractivity contribution in [3.8, 4) is 5.75 Å². The number of methoxy groups -OCH3 is 1. The van der Waals surface area contributed by atoms with Crippen LogP contribution in [-0.4, -0.2) is 28.9 Å². The van der Waals surface area contributed by atoms with E-state index in [4.69, 9.17) is 9.15 Å². The Bertz CT molecular complexity index is 1500. The highest BCUT2D eigenvalue weighted by molar-refractivity contribution is 7.22. The maximum absolute atomic E-state index is 15.0. The van der Waals surface area contributed by atoms with Crippen molar-refractivity contribution in [1.82, 2.24) is 4.98 Å². The van der Waals surface area contributed by atoms with Crippen LogP contribution in [0.5, 0.6) is 5.75 Å². The molecule has 0 bridgehead atoms. The van der Waals surface area contributed by atoms with E-state index in [-0.39, 0.29) is 21.8 Å². The van der Waals surface area contributed by atoms with E-state index in [0.29, 0.717) is 22.8 Å². The number of ether oxygens (including phenoxy) is 1. The molecule has 1 aliphatic heterocycles. The number of aliphatic hydroxyl groups is 1. The van der Waals surface area contributed by atoms with Crippen molar-refractivity contribution >= 4 is 38.4 Å². The number of aryl methyl sites for hydroxylation is 2. The molecular formula is C25H19FN2O5S. The van der Waals surface area contributed by atoms with Crippen molar-refractivity contribution in [2.75, 3.05) is 12.0 Å². The number of furan rings is 1. The van der Waals surface area contributed by atoms with Crippen LogP contribution in [0.15, 0.2) is 64.3 Å². The molecule has 3 heterocycles. The van der Waals surface area contributed by atoms with Crippen LogP contribution in [0.1, 0.15) is 33.5 Å². The first-order valence-electron chi connectivity index (χ1n) is 10.4. The van der Waals surface area contributed by atoms with Crippen molar-refractivity contribution in [1.29, 1.82) is 0 Å². The van der Waals surface area contributed by atoms with Gasteiger partial charge in [0.2, 0.25) is 0 Å². The molecule has 1 unspecified atom stereocenters. The maximum Gasteiger partial charge on any atom is 0.296 e. The maximum atomic E-state index is 15.0. The highest BCUT2D eigenvalue weighted by atomic mass is 32.1. The zero-order valence-electron chi connectivity index (χ0n) is 18.5. The average Bonchev–Trinajstić information content (AvgIpc) is 3.46. The smallest absolute Gasteiger partial charge is 0.296 e. The van der Waals surface area contributed by atoms with Gasteiger partial charge < -0.3 is 14.3 Å². The number of aliphatic hydroxyl groups excluding tert-OH is 1. The molecule has 1 amide bonds. The van der Waals surface area contributed by atoms with E-state index < -0.39 is 29.3 Å². The van der Waals surface area contributed by atoms with Gasteiger partial charge in [-0.05, 0) is 44.2 Å². The zero-order chi connectivity index (χ0) is 24.1. The summed E-state index contributed by atoms with van der Waals surface area (Å²) in [5.41, 5.74) is 0.638. The van der Waals surface area contributed by atoms with Gasteiger partial charge >= 0.3 is 0 Å². The van der Waals surface area contributed by atoms with Crippen molar-refractivity contribution in [3.05, 3.63) is 88.3 Å². The van der Waals surface area contributed by atoms with Crippen LogP contribution in [0.3, 0.4) is 0 Å². The third-order valence-corrected chi connectivity index (χ3v) is 6.75. The number of aromatic nitrogens is 1. The number of carbonyl (C=O) groups is 2. The largest absolute Gasteiger partial charge is 0.503 e. The predicted molar refractivity (Wildman–Crippen MR) is 125 cm³/mol. The molecule has 4 aromatic rings. The molecule has 0 radical (unpaired) electrons. The van der Waals surface area contributed by atoms with Gasteiger partial charge in [0.25, 0.3) is 5.91 Å². The van der Waals surface area contributed by atoms with Gasteiger partial charge in [-0.3, -0.25) is 14.5 Å². The minimum Gasteiger partial charge on any atom is -0.503 e. The number of nitrogens with zero attached hydrogens (tertiary/aromatic N) is 2. The number of Topliss-reactive ketones (excluding diaryl/α,β-unsaturated/α-hetero) is 1. The number of fused-ring (bicyclic) bond motifs is 1. The zero-order valence-corrected chi connectivity index (χ0v) is 19.3. The highest BCUT2D eigenvalue weighted by Crippen LogP contribution is 2.45. The molecule has 9 heteroatoms. The minimum atomic E-state index is -1.21. The number of ketones is 1. The molecule has 1 N–H and O–H groups in total. The van der Waals surface area contributed by atoms with Crippen LogP contribution in [0, 0.1) is 19.7 Å². The minimum absolute atomic E-state index is 0.0676. The van der Waals surface area contributed by atoms with Gasteiger partial charge in [0, 0.05) is 5.56 Å². The van der Waals surface area contributed by atoms with Crippen LogP contribution in [-0.2, 0) is 4.79 Å². The van der Waals surface area contributed by atoms with Crippen LogP contribution < -0.4 is 9.64 Å². The van der Waals surface area contributed by atoms with Crippen molar-refractivity contribution in [2.45, 2.75) is 19.9 Å². The SMILES string of the molecule is COc1ccc2nc(N3C(=O)C(O)=C(C(=O)c4cc(C)oc4C)C3c3ccccc3F)sc2c1. The first kappa shape index (κ1) is 21.8. The Balaban J connectivity index is 1.70. The lowest BCUT2D eigenvalue weighted by molar-refractivity contribution is -0.117. The third kappa shape index (κ3) is 3.36. The normalized spacial score (nSPS) is 16.1. The van der Waals surface area contributed by atoms with E-state index in [2.05, 4.69) is 4.98 Å². The van der Waals surface area contributed by atoms with Crippen LogP contribution in [0.4, 0.5) is 9.52 Å². The first-order valence-corrected chi connectivity index (χ1v) is 11.2. The Labute approximate surface area is 197 Å². The summed E-state index contributed by atoms with van der Waals surface area (Å²) in [5, 5.41) is 11.1. The average molecular weight is 479 g/mol. The number of halogens is 1. The summed E-state index contributed by atoms with van der Waals surface area (Å²) in [4.78, 5) is 32.5. The first-order chi connectivity index (χ1) is 16.3. The Morgan fingerprint density at radius 1 is 1.21 bits per heavy atom. The van der Waals surface area contributed by atoms with E-state index in [0.717, 1.165) is 4.70 Å². The van der Waals surface area contributed by atoms with E-state index in [1.165, 1.54) is 40.5 Å². The molecule has 0 spiro atoms. The fourth-order valence-electron chi connectivity index (χ4n) is 4.15. The van der Waals surface area contributed by atoms with Gasteiger partial charge in [-0.2, -0.15) is 0 Å². The van der Waals surface area contributed by atoms with Crippen LogP contribution in [0.25, 0.3) is 10.2 Å². The second-order valence-corrected chi connectivity index (χ2v) is 8.86. The number of carbonyl (C=O) groups excluding carboxylic acids is 2. The molecule has 7 nitrogen and oxygen atoms in total. The molecule has 1 aliphatic rings. The molecule has 5 rings (SSSR count). The summed E-state index contributed by atoms with van der Waals surface area (Å²) >= 11 is 1.17. The molecule has 0 fully saturated rings. The lowest BCUT2D eigenvalue weighted by atomic mass is 9.92. The predicted octanol–water partition coefficient (Wildman–Crippen LogP) is 5.44. The standard InChI is InChI=1S/C25H19FN2O5S/c1-12-10-16(13(2)33-12)22(29)20-21(15-6-4-5-7-17(15)26)28(24(31)23(20)30)25-27-18-9-8-14(32-3)11-19(18)34-25/h4-11,21,30H,1-3H3. The molecule has 172 valence electrons. The Hall–Kier alpha value is -3.98. The van der Waals surface area contributed by atoms with Crippen molar-refractivity contribution < 1.29 is 28.2 Å². The molecular weight excluding hydrogens is 459 g/mol. The number of rotatable bonds is 5. The molecule has 0 saturated heterocycles. The summed E-state index contributed by atoms with van der Waals surface area (Å²) in [6, 6.07) is 11.4. The number of anilines is 1. The molecule has 34 heavy (non-hydrogen) atoms. The van der Waals surface area contributed by atoms with Crippen LogP contribution in [0.2, 0.25) is 0 Å². The van der Waals surface area contributed by atoms with Gasteiger partial charge in [0.05, 0.1) is 28.5 Å². The second kappa shape index (κ2) is 8.11. The molecule has 1 atom stereocenters. The quantitative estimate of drug-likeness (QED) is 0.384. The van der Waals surface area contributed by atoms with Crippen molar-refractivity contribution in [2.24, 2.45) is 0 Å². The fraction of sp³-hybridized carbons (Fsp3) is 0.160. The number of benzene rings is 2. The topological polar surface area (TPSA) is 92.9 Å². The third-order valence-electron chi connectivity index (χ3n) is 5.73. The second-order valence-electron chi connectivity index (χ2n) is 7.85. The number of hydrogen-bond acceptors (Lipinski definition) is 7. The van der Waals surface area contributed by atoms with E-state index in [9.17, 15) is 14.7 Å². The van der Waals surface area contributed by atoms with Gasteiger partial charge in [0.15, 0.2) is 16.7 Å². The lowest BCUT2D eigenvalue weighted by Gasteiger charge is -2.24. The lowest BCUT2D eigenvalue weighted by Crippen LogP contribution is -2.31. The molecule has 2 aromatic heterocycles. The number of thiazole rings is 1. The van der Waals surface area contributed by atoms with Gasteiger partial charge in [-0.15, -0.1) is 0 Å². The molecule has 0 aliphatic carbocycles. The van der Waals surface area contributed by atoms with E-state index in [1.54, 1.807) is 45.2 Å². The Morgan fingerprint density at radius 3 is 2.65 bits per heavy atom. The highest BCUT2D eigenvalue weighted by Gasteiger charge is 2.47. The summed E-state index contributed by atoms with van der Waals surface area (Å²) in [6.07, 6.45) is 0. The van der Waals surface area contributed by atoms with Gasteiger partial charge in [-0.25, -0.2) is 9.37 Å². The summed E-state index contributed by atoms with van der Waals surface area (Å²) in [7, 11) is 1.54. The van der Waals surface area contributed by atoms with E-state index in [1.807, 2.05) is 0 Å². The summed E-state index contributed by atoms with van der Waals surface area (Å²) in [6.45, 7) is 3.30. The monoisotopic (exact) mass is 478 g/mol. The summed E-state index contributed by atoms with van der Waals surface area (Å²) < 4.78 is 26.5. The Kier molecular flexibility index (Phi) is 5.21. The molecule has 2 aromatic carbocycles. The van der Waals surface area contributed by atoms with Gasteiger partial charge in [-0.1, -0.05) is 29.5 Å². The Morgan fingerprint density at radius 2 is 1.97 bits per heavy atom. The van der Waals surface area contributed by atoms with Gasteiger partial charge in [0.1, 0.15) is 29.1 Å². The fourth-order valence-corrected chi connectivity index (χ4v) is 5.17. The van der Waals surface area contributed by atoms with Crippen LogP contribution >= 0.6 is 11.3 Å². The number of hydrogen-bond donors (Lipinski definition) is 1. The van der Waals surface area contributed by atoms with Crippen molar-refractivity contribution in [3.63, 3.8) is 0 Å².